The summed E-state index contributed by atoms with van der Waals surface area (Å²) >= 11 is 0. The summed E-state index contributed by atoms with van der Waals surface area (Å²) in [6.45, 7) is 2.04. The van der Waals surface area contributed by atoms with Crippen LogP contribution in [0.15, 0.2) is 72.8 Å². The molecule has 0 aliphatic heterocycles. The SMILES string of the molecule is CC(=O)c1ccc(OCc2ccccc2)c(CCCc2ccc(C(=O)O)cc2)c1. The van der Waals surface area contributed by atoms with E-state index in [1.165, 1.54) is 0 Å². The van der Waals surface area contributed by atoms with Crippen molar-refractivity contribution < 1.29 is 19.4 Å². The van der Waals surface area contributed by atoms with E-state index in [0.29, 0.717) is 17.7 Å². The maximum absolute atomic E-state index is 11.8. The lowest BCUT2D eigenvalue weighted by Crippen LogP contribution is -2.02. The van der Waals surface area contributed by atoms with E-state index in [-0.39, 0.29) is 5.78 Å². The molecule has 0 spiro atoms. The smallest absolute Gasteiger partial charge is 0.335 e. The Bertz CT molecular complexity index is 975. The lowest BCUT2D eigenvalue weighted by molar-refractivity contribution is 0.0696. The van der Waals surface area contributed by atoms with Crippen molar-refractivity contribution >= 4 is 11.8 Å². The molecule has 0 amide bonds. The highest BCUT2D eigenvalue weighted by Gasteiger charge is 2.09. The number of hydrogen-bond donors (Lipinski definition) is 1. The number of ether oxygens (including phenoxy) is 1. The third-order valence-corrected chi connectivity index (χ3v) is 4.82. The van der Waals surface area contributed by atoms with Gasteiger partial charge in [0, 0.05) is 5.56 Å². The van der Waals surface area contributed by atoms with E-state index in [1.54, 1.807) is 25.1 Å². The zero-order valence-corrected chi connectivity index (χ0v) is 16.4. The Labute approximate surface area is 170 Å². The Morgan fingerprint density at radius 1 is 0.828 bits per heavy atom. The Morgan fingerprint density at radius 3 is 2.17 bits per heavy atom. The molecule has 29 heavy (non-hydrogen) atoms. The van der Waals surface area contributed by atoms with Crippen LogP contribution in [0.3, 0.4) is 0 Å². The minimum atomic E-state index is -0.919. The van der Waals surface area contributed by atoms with Crippen molar-refractivity contribution in [2.75, 3.05) is 0 Å². The van der Waals surface area contributed by atoms with Crippen molar-refractivity contribution in [1.29, 1.82) is 0 Å². The summed E-state index contributed by atoms with van der Waals surface area (Å²) in [5, 5.41) is 8.99. The van der Waals surface area contributed by atoms with Crippen molar-refractivity contribution in [1.82, 2.24) is 0 Å². The summed E-state index contributed by atoms with van der Waals surface area (Å²) in [5.41, 5.74) is 4.16. The molecule has 0 aromatic heterocycles. The summed E-state index contributed by atoms with van der Waals surface area (Å²) in [4.78, 5) is 22.7. The minimum Gasteiger partial charge on any atom is -0.489 e. The largest absolute Gasteiger partial charge is 0.489 e. The number of benzene rings is 3. The predicted octanol–water partition coefficient (Wildman–Crippen LogP) is 5.34. The summed E-state index contributed by atoms with van der Waals surface area (Å²) in [5.74, 6) is -0.0944. The van der Waals surface area contributed by atoms with Crippen LogP contribution >= 0.6 is 0 Å². The molecule has 0 aliphatic carbocycles. The van der Waals surface area contributed by atoms with Crippen LogP contribution in [-0.4, -0.2) is 16.9 Å². The maximum atomic E-state index is 11.8. The zero-order chi connectivity index (χ0) is 20.6. The van der Waals surface area contributed by atoms with Crippen LogP contribution in [0.4, 0.5) is 0 Å². The standard InChI is InChI=1S/C25H24O4/c1-18(26)22-14-15-24(29-17-20-6-3-2-4-7-20)23(16-22)9-5-8-19-10-12-21(13-11-19)25(27)28/h2-4,6-7,10-16H,5,8-9,17H2,1H3,(H,27,28). The number of carboxylic acids is 1. The lowest BCUT2D eigenvalue weighted by Gasteiger charge is -2.13. The van der Waals surface area contributed by atoms with E-state index in [1.807, 2.05) is 54.6 Å². The molecule has 4 heteroatoms. The van der Waals surface area contributed by atoms with Gasteiger partial charge in [0.2, 0.25) is 0 Å². The molecule has 4 nitrogen and oxygen atoms in total. The molecule has 3 aromatic rings. The molecule has 0 radical (unpaired) electrons. The van der Waals surface area contributed by atoms with Crippen molar-refractivity contribution in [2.24, 2.45) is 0 Å². The molecule has 1 N–H and O–H groups in total. The zero-order valence-electron chi connectivity index (χ0n) is 16.4. The highest BCUT2D eigenvalue weighted by molar-refractivity contribution is 5.94. The van der Waals surface area contributed by atoms with Crippen LogP contribution in [0.25, 0.3) is 0 Å². The molecule has 148 valence electrons. The Hall–Kier alpha value is -3.40. The Balaban J connectivity index is 1.67. The number of carboxylic acid groups (broad SMARTS) is 1. The highest BCUT2D eigenvalue weighted by Crippen LogP contribution is 2.24. The molecule has 0 unspecified atom stereocenters. The molecule has 0 fully saturated rings. The van der Waals surface area contributed by atoms with Crippen LogP contribution < -0.4 is 4.74 Å². The van der Waals surface area contributed by atoms with E-state index in [9.17, 15) is 9.59 Å². The quantitative estimate of drug-likeness (QED) is 0.503. The van der Waals surface area contributed by atoms with Crippen LogP contribution in [0.2, 0.25) is 0 Å². The molecule has 0 atom stereocenters. The van der Waals surface area contributed by atoms with Gasteiger partial charge < -0.3 is 9.84 Å². The van der Waals surface area contributed by atoms with Gasteiger partial charge in [0.25, 0.3) is 0 Å². The molecule has 3 rings (SSSR count). The van der Waals surface area contributed by atoms with Crippen LogP contribution in [0.1, 0.15) is 50.8 Å². The first-order valence-corrected chi connectivity index (χ1v) is 9.66. The van der Waals surface area contributed by atoms with Crippen molar-refractivity contribution in [2.45, 2.75) is 32.8 Å². The highest BCUT2D eigenvalue weighted by atomic mass is 16.5. The lowest BCUT2D eigenvalue weighted by atomic mass is 10.00. The van der Waals surface area contributed by atoms with E-state index in [4.69, 9.17) is 9.84 Å². The summed E-state index contributed by atoms with van der Waals surface area (Å²) in [6.07, 6.45) is 2.46. The van der Waals surface area contributed by atoms with Gasteiger partial charge in [0.05, 0.1) is 5.56 Å². The average Bonchev–Trinajstić information content (AvgIpc) is 2.73. The predicted molar refractivity (Wildman–Crippen MR) is 113 cm³/mol. The van der Waals surface area contributed by atoms with Gasteiger partial charge in [-0.05, 0) is 73.2 Å². The van der Waals surface area contributed by atoms with Gasteiger partial charge in [0.15, 0.2) is 5.78 Å². The summed E-state index contributed by atoms with van der Waals surface area (Å²) in [6, 6.07) is 22.5. The third-order valence-electron chi connectivity index (χ3n) is 4.82. The average molecular weight is 388 g/mol. The van der Waals surface area contributed by atoms with E-state index < -0.39 is 5.97 Å². The first-order valence-electron chi connectivity index (χ1n) is 9.66. The molecule has 0 heterocycles. The Kier molecular flexibility index (Phi) is 6.80. The number of Topliss-reactive ketones (excluding diaryl/α,β-unsaturated/α-hetero) is 1. The van der Waals surface area contributed by atoms with Crippen molar-refractivity contribution in [3.05, 3.63) is 101 Å². The van der Waals surface area contributed by atoms with Crippen LogP contribution in [0, 0.1) is 0 Å². The molecule has 3 aromatic carbocycles. The molecule has 0 saturated carbocycles. The second-order valence-corrected chi connectivity index (χ2v) is 7.01. The maximum Gasteiger partial charge on any atom is 0.335 e. The number of ketones is 1. The molecule has 0 bridgehead atoms. The van der Waals surface area contributed by atoms with Gasteiger partial charge in [-0.15, -0.1) is 0 Å². The minimum absolute atomic E-state index is 0.0325. The molecular weight excluding hydrogens is 364 g/mol. The molecular formula is C25H24O4. The monoisotopic (exact) mass is 388 g/mol. The fourth-order valence-electron chi connectivity index (χ4n) is 3.17. The fraction of sp³-hybridized carbons (Fsp3) is 0.200. The van der Waals surface area contributed by atoms with Gasteiger partial charge in [-0.25, -0.2) is 4.79 Å². The first-order chi connectivity index (χ1) is 14.0. The van der Waals surface area contributed by atoms with Crippen LogP contribution in [0.5, 0.6) is 5.75 Å². The summed E-state index contributed by atoms with van der Waals surface area (Å²) in [7, 11) is 0. The fourth-order valence-corrected chi connectivity index (χ4v) is 3.17. The second-order valence-electron chi connectivity index (χ2n) is 7.01. The van der Waals surface area contributed by atoms with E-state index in [2.05, 4.69) is 0 Å². The van der Waals surface area contributed by atoms with E-state index >= 15 is 0 Å². The van der Waals surface area contributed by atoms with Gasteiger partial charge >= 0.3 is 5.97 Å². The summed E-state index contributed by atoms with van der Waals surface area (Å²) < 4.78 is 6.03. The number of carbonyl (C=O) groups is 2. The molecule has 0 saturated heterocycles. The number of aryl methyl sites for hydroxylation is 2. The van der Waals surface area contributed by atoms with E-state index in [0.717, 1.165) is 41.7 Å². The third kappa shape index (κ3) is 5.79. The number of carbonyl (C=O) groups excluding carboxylic acids is 1. The van der Waals surface area contributed by atoms with Gasteiger partial charge in [-0.2, -0.15) is 0 Å². The van der Waals surface area contributed by atoms with Gasteiger partial charge in [-0.3, -0.25) is 4.79 Å². The van der Waals surface area contributed by atoms with Crippen molar-refractivity contribution in [3.63, 3.8) is 0 Å². The number of hydrogen-bond acceptors (Lipinski definition) is 3. The Morgan fingerprint density at radius 2 is 1.52 bits per heavy atom. The first kappa shape index (κ1) is 20.3. The topological polar surface area (TPSA) is 63.6 Å². The second kappa shape index (κ2) is 9.69. The van der Waals surface area contributed by atoms with Gasteiger partial charge in [0.1, 0.15) is 12.4 Å². The van der Waals surface area contributed by atoms with Gasteiger partial charge in [-0.1, -0.05) is 42.5 Å². The van der Waals surface area contributed by atoms with Crippen LogP contribution in [-0.2, 0) is 19.4 Å². The van der Waals surface area contributed by atoms with Crippen molar-refractivity contribution in [3.8, 4) is 5.75 Å². The number of aromatic carboxylic acids is 1. The normalized spacial score (nSPS) is 10.5. The number of rotatable bonds is 9. The molecule has 0 aliphatic rings.